The van der Waals surface area contributed by atoms with E-state index in [1.165, 1.54) is 57.8 Å². The van der Waals surface area contributed by atoms with Crippen LogP contribution in [-0.2, 0) is 27.9 Å². The normalized spacial score (nSPS) is 36.4. The Morgan fingerprint density at radius 1 is 0.975 bits per heavy atom. The first-order valence-electron chi connectivity index (χ1n) is 16.2. The van der Waals surface area contributed by atoms with Gasteiger partial charge in [0.25, 0.3) is 0 Å². The molecular weight excluding hydrogens is 523 g/mol. The van der Waals surface area contributed by atoms with Crippen LogP contribution in [0, 0.1) is 46.3 Å². The van der Waals surface area contributed by atoms with E-state index >= 15 is 0 Å². The average Bonchev–Trinajstić information content (AvgIpc) is 3.28. The van der Waals surface area contributed by atoms with Gasteiger partial charge < -0.3 is 14.3 Å². The largest absolute Gasteiger partial charge is 0.697 e. The van der Waals surface area contributed by atoms with E-state index in [0.717, 1.165) is 48.3 Å². The third-order valence-electron chi connectivity index (χ3n) is 11.5. The zero-order valence-electron chi connectivity index (χ0n) is 25.9. The van der Waals surface area contributed by atoms with Gasteiger partial charge in [0, 0.05) is 4.57 Å². The van der Waals surface area contributed by atoms with Gasteiger partial charge in [0.2, 0.25) is 0 Å². The Kier molecular flexibility index (Phi) is 11.8. The molecular formula is C33H56O6P+. The summed E-state index contributed by atoms with van der Waals surface area (Å²) in [4.78, 5) is 10.2. The lowest BCUT2D eigenvalue weighted by molar-refractivity contribution is -0.109. The number of carbonyl (C=O) groups is 1. The van der Waals surface area contributed by atoms with Crippen LogP contribution in [0.15, 0.2) is 11.6 Å². The van der Waals surface area contributed by atoms with Crippen LogP contribution < -0.4 is 0 Å². The van der Waals surface area contributed by atoms with Crippen molar-refractivity contribution in [3.63, 3.8) is 0 Å². The first kappa shape index (κ1) is 32.3. The highest BCUT2D eigenvalue weighted by Crippen LogP contribution is 2.67. The quantitative estimate of drug-likeness (QED) is 0.0792. The van der Waals surface area contributed by atoms with E-state index in [9.17, 15) is 9.36 Å². The SMILES string of the molecule is CC(C)CCC[C@@H](C)[C@H]1CC[C@H]2[C@@H]3CC=C4C[C@@H](OCCOCCO[P+](=O)OCC=O)CC[C@]4(C)[C@H]3CC[C@]12C. The third-order valence-corrected chi connectivity index (χ3v) is 12.3. The molecule has 0 amide bonds. The highest BCUT2D eigenvalue weighted by Gasteiger charge is 2.59. The van der Waals surface area contributed by atoms with E-state index in [-0.39, 0.29) is 19.3 Å². The van der Waals surface area contributed by atoms with Crippen LogP contribution in [0.2, 0.25) is 0 Å². The monoisotopic (exact) mass is 579 g/mol. The molecule has 1 unspecified atom stereocenters. The second-order valence-electron chi connectivity index (χ2n) is 14.2. The van der Waals surface area contributed by atoms with Gasteiger partial charge in [-0.05, 0) is 97.7 Å². The summed E-state index contributed by atoms with van der Waals surface area (Å²) >= 11 is 0. The minimum atomic E-state index is -2.25. The second kappa shape index (κ2) is 14.7. The Morgan fingerprint density at radius 3 is 2.55 bits per heavy atom. The Morgan fingerprint density at radius 2 is 1.77 bits per heavy atom. The Balaban J connectivity index is 1.23. The summed E-state index contributed by atoms with van der Waals surface area (Å²) < 4.78 is 32.8. The van der Waals surface area contributed by atoms with Gasteiger partial charge in [-0.2, -0.15) is 0 Å². The lowest BCUT2D eigenvalue weighted by Crippen LogP contribution is -2.51. The fourth-order valence-electron chi connectivity index (χ4n) is 9.47. The van der Waals surface area contributed by atoms with Gasteiger partial charge in [-0.15, -0.1) is 9.05 Å². The molecule has 9 atom stereocenters. The van der Waals surface area contributed by atoms with Crippen LogP contribution in [0.3, 0.4) is 0 Å². The summed E-state index contributed by atoms with van der Waals surface area (Å²) in [6, 6.07) is 0. The maximum Gasteiger partial charge on any atom is 0.697 e. The number of rotatable bonds is 16. The fraction of sp³-hybridized carbons (Fsp3) is 0.909. The van der Waals surface area contributed by atoms with Gasteiger partial charge in [-0.1, -0.05) is 65.5 Å². The number of aldehydes is 1. The molecule has 0 aromatic rings. The van der Waals surface area contributed by atoms with Gasteiger partial charge >= 0.3 is 8.25 Å². The Hall–Kier alpha value is -0.650. The molecule has 3 fully saturated rings. The molecule has 4 rings (SSSR count). The first-order valence-corrected chi connectivity index (χ1v) is 17.3. The number of carbonyl (C=O) groups excluding carboxylic acids is 1. The molecule has 0 N–H and O–H groups in total. The summed E-state index contributed by atoms with van der Waals surface area (Å²) in [5.74, 6) is 5.23. The number of allylic oxidation sites excluding steroid dienone is 1. The van der Waals surface area contributed by atoms with Crippen molar-refractivity contribution < 1.29 is 27.9 Å². The molecule has 0 radical (unpaired) electrons. The highest BCUT2D eigenvalue weighted by molar-refractivity contribution is 7.33. The van der Waals surface area contributed by atoms with Crippen LogP contribution in [0.5, 0.6) is 0 Å². The second-order valence-corrected chi connectivity index (χ2v) is 15.1. The smallest absolute Gasteiger partial charge is 0.376 e. The van der Waals surface area contributed by atoms with Gasteiger partial charge in [0.1, 0.15) is 6.61 Å². The van der Waals surface area contributed by atoms with Crippen LogP contribution in [0.1, 0.15) is 105 Å². The molecule has 0 bridgehead atoms. The summed E-state index contributed by atoms with van der Waals surface area (Å²) in [5, 5.41) is 0. The molecule has 6 nitrogen and oxygen atoms in total. The Bertz CT molecular complexity index is 875. The first-order chi connectivity index (χ1) is 19.2. The standard InChI is InChI=1S/C33H56O6P/c1-24(2)7-6-8-25(3)29-11-12-30-28-10-9-26-23-27(13-15-32(26,4)31(28)14-16-33(29,30)5)37-21-19-36-20-22-39-40(35)38-18-17-34/h9,17,24-25,27-31H,6-8,10-16,18-23H2,1-5H3/q+1/t25-,27+,28+,29-,30+,31+,32+,33-/m1/s1. The predicted octanol–water partition coefficient (Wildman–Crippen LogP) is 8.32. The summed E-state index contributed by atoms with van der Waals surface area (Å²) in [6.45, 7) is 13.9. The highest BCUT2D eigenvalue weighted by atomic mass is 31.1. The molecule has 0 heterocycles. The number of fused-ring (bicyclic) bond motifs is 5. The van der Waals surface area contributed by atoms with Crippen molar-refractivity contribution in [1.29, 1.82) is 0 Å². The fourth-order valence-corrected chi connectivity index (χ4v) is 9.95. The molecule has 0 aromatic heterocycles. The van der Waals surface area contributed by atoms with Crippen molar-refractivity contribution in [3.05, 3.63) is 11.6 Å². The minimum absolute atomic E-state index is 0.170. The maximum absolute atomic E-state index is 11.4. The lowest BCUT2D eigenvalue weighted by Gasteiger charge is -2.58. The van der Waals surface area contributed by atoms with Crippen molar-refractivity contribution in [2.75, 3.05) is 33.0 Å². The van der Waals surface area contributed by atoms with E-state index in [2.05, 4.69) is 45.2 Å². The average molecular weight is 580 g/mol. The molecule has 0 aromatic carbocycles. The third kappa shape index (κ3) is 7.46. The van der Waals surface area contributed by atoms with Gasteiger partial charge in [-0.3, -0.25) is 0 Å². The van der Waals surface area contributed by atoms with E-state index in [1.807, 2.05) is 0 Å². The van der Waals surface area contributed by atoms with Crippen molar-refractivity contribution in [2.45, 2.75) is 111 Å². The van der Waals surface area contributed by atoms with Crippen LogP contribution in [0.25, 0.3) is 0 Å². The van der Waals surface area contributed by atoms with E-state index in [1.54, 1.807) is 5.57 Å². The predicted molar refractivity (Wildman–Crippen MR) is 159 cm³/mol. The van der Waals surface area contributed by atoms with Crippen LogP contribution in [0.4, 0.5) is 0 Å². The number of hydrogen-bond acceptors (Lipinski definition) is 6. The zero-order valence-corrected chi connectivity index (χ0v) is 26.8. The van der Waals surface area contributed by atoms with Crippen molar-refractivity contribution in [2.24, 2.45) is 46.3 Å². The van der Waals surface area contributed by atoms with E-state index < -0.39 is 8.25 Å². The topological polar surface area (TPSA) is 71.1 Å². The minimum Gasteiger partial charge on any atom is -0.376 e. The van der Waals surface area contributed by atoms with Gasteiger partial charge in [0.15, 0.2) is 12.9 Å². The molecule has 4 aliphatic carbocycles. The van der Waals surface area contributed by atoms with Gasteiger partial charge in [0.05, 0.1) is 25.9 Å². The molecule has 228 valence electrons. The maximum atomic E-state index is 11.4. The molecule has 0 saturated heterocycles. The van der Waals surface area contributed by atoms with Crippen LogP contribution in [-0.4, -0.2) is 45.4 Å². The Labute approximate surface area is 244 Å². The lowest BCUT2D eigenvalue weighted by atomic mass is 9.47. The summed E-state index contributed by atoms with van der Waals surface area (Å²) in [7, 11) is -2.25. The molecule has 7 heteroatoms. The van der Waals surface area contributed by atoms with Crippen molar-refractivity contribution >= 4 is 14.5 Å². The van der Waals surface area contributed by atoms with E-state index in [4.69, 9.17) is 14.0 Å². The summed E-state index contributed by atoms with van der Waals surface area (Å²) in [6.07, 6.45) is 18.1. The number of hydrogen-bond donors (Lipinski definition) is 0. The molecule has 3 saturated carbocycles. The summed E-state index contributed by atoms with van der Waals surface area (Å²) in [5.41, 5.74) is 2.56. The molecule has 4 aliphatic rings. The van der Waals surface area contributed by atoms with Crippen molar-refractivity contribution in [3.8, 4) is 0 Å². The van der Waals surface area contributed by atoms with E-state index in [0.29, 0.717) is 36.9 Å². The van der Waals surface area contributed by atoms with Crippen LogP contribution >= 0.6 is 8.25 Å². The zero-order chi connectivity index (χ0) is 28.8. The van der Waals surface area contributed by atoms with Crippen molar-refractivity contribution in [1.82, 2.24) is 0 Å². The molecule has 0 spiro atoms. The molecule has 40 heavy (non-hydrogen) atoms. The van der Waals surface area contributed by atoms with Gasteiger partial charge in [-0.25, -0.2) is 0 Å². The number of ether oxygens (including phenoxy) is 2. The molecule has 0 aliphatic heterocycles.